The molecule has 2 saturated carbocycles. The van der Waals surface area contributed by atoms with Crippen molar-refractivity contribution in [1.82, 2.24) is 0 Å². The van der Waals surface area contributed by atoms with Crippen molar-refractivity contribution in [2.24, 2.45) is 39.4 Å². The second-order valence-electron chi connectivity index (χ2n) is 13.2. The van der Waals surface area contributed by atoms with Gasteiger partial charge in [0.15, 0.2) is 0 Å². The van der Waals surface area contributed by atoms with Gasteiger partial charge < -0.3 is 10.2 Å². The van der Waals surface area contributed by atoms with Gasteiger partial charge in [-0.25, -0.2) is 4.79 Å². The number of hydrogen-bond acceptors (Lipinski definition) is 2. The number of aliphatic hydroxyl groups excluding tert-OH is 1. The highest BCUT2D eigenvalue weighted by molar-refractivity contribution is 5.85. The molecule has 0 heterocycles. The molecule has 184 valence electrons. The van der Waals surface area contributed by atoms with Crippen molar-refractivity contribution in [1.29, 1.82) is 0 Å². The van der Waals surface area contributed by atoms with Crippen molar-refractivity contribution in [2.75, 3.05) is 0 Å². The van der Waals surface area contributed by atoms with Gasteiger partial charge in [-0.2, -0.15) is 0 Å². The summed E-state index contributed by atoms with van der Waals surface area (Å²) in [7, 11) is 0. The van der Waals surface area contributed by atoms with Crippen molar-refractivity contribution in [3.8, 4) is 0 Å². The summed E-state index contributed by atoms with van der Waals surface area (Å²) in [5.74, 6) is 0.940. The van der Waals surface area contributed by atoms with Crippen LogP contribution in [0, 0.1) is 39.4 Å². The first-order chi connectivity index (χ1) is 15.3. The van der Waals surface area contributed by atoms with Gasteiger partial charge in [-0.1, -0.05) is 59.8 Å². The zero-order valence-electron chi connectivity index (χ0n) is 22.0. The van der Waals surface area contributed by atoms with Crippen molar-refractivity contribution >= 4 is 5.97 Å². The SMILES string of the molecule is CC(=CCC[C@@H](C)[C@H]1CC[C@@]2(C)C3=CC[C@H]4C(C)(C)[C@@H](O)CC[C@]4(C)C3=CC[C@]12C)C(=O)O. The van der Waals surface area contributed by atoms with Crippen LogP contribution >= 0.6 is 0 Å². The molecule has 0 spiro atoms. The summed E-state index contributed by atoms with van der Waals surface area (Å²) in [6, 6.07) is 0. The molecule has 0 aromatic carbocycles. The number of rotatable bonds is 5. The van der Waals surface area contributed by atoms with E-state index in [-0.39, 0.29) is 27.8 Å². The maximum atomic E-state index is 11.1. The highest BCUT2D eigenvalue weighted by atomic mass is 16.4. The molecule has 0 bridgehead atoms. The van der Waals surface area contributed by atoms with Crippen molar-refractivity contribution in [2.45, 2.75) is 106 Å². The van der Waals surface area contributed by atoms with Gasteiger partial charge in [-0.3, -0.25) is 0 Å². The molecule has 2 fully saturated rings. The van der Waals surface area contributed by atoms with Crippen LogP contribution in [0.4, 0.5) is 0 Å². The number of fused-ring (bicyclic) bond motifs is 5. The summed E-state index contributed by atoms with van der Waals surface area (Å²) in [5, 5.41) is 19.9. The highest BCUT2D eigenvalue weighted by Crippen LogP contribution is 2.71. The fourth-order valence-electron chi connectivity index (χ4n) is 8.80. The molecule has 0 radical (unpaired) electrons. The number of hydrogen-bond donors (Lipinski definition) is 2. The third kappa shape index (κ3) is 3.51. The van der Waals surface area contributed by atoms with Gasteiger partial charge in [0.1, 0.15) is 0 Å². The van der Waals surface area contributed by atoms with Crippen molar-refractivity contribution < 1.29 is 15.0 Å². The Kier molecular flexibility index (Phi) is 6.08. The topological polar surface area (TPSA) is 57.5 Å². The zero-order valence-corrected chi connectivity index (χ0v) is 22.0. The molecule has 0 aromatic heterocycles. The average Bonchev–Trinajstić information content (AvgIpc) is 3.02. The number of carboxylic acids is 1. The number of aliphatic carboxylic acids is 1. The molecule has 33 heavy (non-hydrogen) atoms. The van der Waals surface area contributed by atoms with E-state index in [1.807, 2.05) is 6.08 Å². The second-order valence-corrected chi connectivity index (χ2v) is 13.2. The van der Waals surface area contributed by atoms with E-state index in [0.717, 1.165) is 38.5 Å². The van der Waals surface area contributed by atoms with Crippen LogP contribution in [0.25, 0.3) is 0 Å². The lowest BCUT2D eigenvalue weighted by Gasteiger charge is -2.61. The monoisotopic (exact) mass is 454 g/mol. The molecule has 0 unspecified atom stereocenters. The van der Waals surface area contributed by atoms with E-state index < -0.39 is 5.97 Å². The van der Waals surface area contributed by atoms with Crippen LogP contribution in [0.3, 0.4) is 0 Å². The van der Waals surface area contributed by atoms with E-state index in [2.05, 4.69) is 53.7 Å². The van der Waals surface area contributed by atoms with E-state index >= 15 is 0 Å². The quantitative estimate of drug-likeness (QED) is 0.428. The molecule has 3 nitrogen and oxygen atoms in total. The van der Waals surface area contributed by atoms with Gasteiger partial charge >= 0.3 is 5.97 Å². The largest absolute Gasteiger partial charge is 0.478 e. The van der Waals surface area contributed by atoms with Gasteiger partial charge in [-0.05, 0) is 109 Å². The van der Waals surface area contributed by atoms with Gasteiger partial charge in [0, 0.05) is 5.57 Å². The lowest BCUT2D eigenvalue weighted by molar-refractivity contribution is -0.132. The minimum absolute atomic E-state index is 0.0498. The third-order valence-electron chi connectivity index (χ3n) is 11.4. The lowest BCUT2D eigenvalue weighted by Crippen LogP contribution is -2.54. The molecule has 2 N–H and O–H groups in total. The third-order valence-corrected chi connectivity index (χ3v) is 11.4. The van der Waals surface area contributed by atoms with Crippen LogP contribution in [0.5, 0.6) is 0 Å². The van der Waals surface area contributed by atoms with Gasteiger partial charge in [0.05, 0.1) is 6.10 Å². The highest BCUT2D eigenvalue weighted by Gasteiger charge is 2.62. The maximum Gasteiger partial charge on any atom is 0.330 e. The smallest absolute Gasteiger partial charge is 0.330 e. The number of carbonyl (C=O) groups is 1. The van der Waals surface area contributed by atoms with E-state index in [9.17, 15) is 9.90 Å². The Labute approximate surface area is 201 Å². The standard InChI is InChI=1S/C30H46O3/c1-19(9-8-10-20(2)26(32)33)21-13-17-30(7)23-11-12-24-27(3,4)25(31)15-16-28(24,5)22(23)14-18-29(21,30)6/h10-11,14,19,21,24-25,31H,8-9,12-13,15-18H2,1-7H3,(H,32,33)/t19-,21-,24+,25+,28-,29-,30+/m1/s1. The molecule has 7 atom stereocenters. The molecule has 0 amide bonds. The van der Waals surface area contributed by atoms with E-state index in [0.29, 0.717) is 23.3 Å². The molecular formula is C30H46O3. The minimum Gasteiger partial charge on any atom is -0.478 e. The summed E-state index contributed by atoms with van der Waals surface area (Å²) in [6.45, 7) is 16.2. The Bertz CT molecular complexity index is 908. The van der Waals surface area contributed by atoms with Crippen molar-refractivity contribution in [3.63, 3.8) is 0 Å². The van der Waals surface area contributed by atoms with E-state index in [4.69, 9.17) is 5.11 Å². The second kappa shape index (κ2) is 8.11. The van der Waals surface area contributed by atoms with Gasteiger partial charge in [0.2, 0.25) is 0 Å². The van der Waals surface area contributed by atoms with E-state index in [1.54, 1.807) is 18.1 Å². The summed E-state index contributed by atoms with van der Waals surface area (Å²) in [5.41, 5.74) is 4.26. The number of carboxylic acid groups (broad SMARTS) is 1. The van der Waals surface area contributed by atoms with Crippen LogP contribution < -0.4 is 0 Å². The summed E-state index contributed by atoms with van der Waals surface area (Å²) >= 11 is 0. The fourth-order valence-corrected chi connectivity index (χ4v) is 8.80. The molecule has 0 aliphatic heterocycles. The Hall–Kier alpha value is -1.35. The Morgan fingerprint density at radius 2 is 1.82 bits per heavy atom. The van der Waals surface area contributed by atoms with Crippen LogP contribution in [-0.4, -0.2) is 22.3 Å². The Morgan fingerprint density at radius 1 is 1.12 bits per heavy atom. The average molecular weight is 455 g/mol. The molecule has 4 aliphatic rings. The van der Waals surface area contributed by atoms with Crippen LogP contribution in [0.1, 0.15) is 99.8 Å². The van der Waals surface area contributed by atoms with Crippen LogP contribution in [0.15, 0.2) is 34.9 Å². The van der Waals surface area contributed by atoms with Crippen molar-refractivity contribution in [3.05, 3.63) is 34.9 Å². The van der Waals surface area contributed by atoms with Gasteiger partial charge in [-0.15, -0.1) is 0 Å². The number of allylic oxidation sites excluding steroid dienone is 5. The zero-order chi connectivity index (χ0) is 24.4. The van der Waals surface area contributed by atoms with Crippen LogP contribution in [-0.2, 0) is 4.79 Å². The number of aliphatic hydroxyl groups is 1. The maximum absolute atomic E-state index is 11.1. The molecular weight excluding hydrogens is 408 g/mol. The predicted octanol–water partition coefficient (Wildman–Crippen LogP) is 7.32. The first kappa shape index (κ1) is 24.8. The molecule has 4 aliphatic carbocycles. The fraction of sp³-hybridized carbons (Fsp3) is 0.767. The normalized spacial score (nSPS) is 43.0. The molecule has 4 rings (SSSR count). The van der Waals surface area contributed by atoms with Gasteiger partial charge in [0.25, 0.3) is 0 Å². The summed E-state index contributed by atoms with van der Waals surface area (Å²) in [6.07, 6.45) is 15.5. The minimum atomic E-state index is -0.803. The van der Waals surface area contributed by atoms with E-state index in [1.165, 1.54) is 12.8 Å². The molecule has 3 heteroatoms. The summed E-state index contributed by atoms with van der Waals surface area (Å²) in [4.78, 5) is 11.1. The lowest BCUT2D eigenvalue weighted by atomic mass is 9.44. The first-order valence-corrected chi connectivity index (χ1v) is 13.3. The predicted molar refractivity (Wildman–Crippen MR) is 135 cm³/mol. The Morgan fingerprint density at radius 3 is 2.48 bits per heavy atom. The molecule has 0 saturated heterocycles. The summed E-state index contributed by atoms with van der Waals surface area (Å²) < 4.78 is 0. The van der Waals surface area contributed by atoms with Crippen LogP contribution in [0.2, 0.25) is 0 Å². The first-order valence-electron chi connectivity index (χ1n) is 13.3. The molecule has 0 aromatic rings. The Balaban J connectivity index is 1.61.